The van der Waals surface area contributed by atoms with Crippen LogP contribution >= 0.6 is 12.4 Å². The Morgan fingerprint density at radius 3 is 2.50 bits per heavy atom. The number of carbonyl (C=O) groups is 1. The minimum absolute atomic E-state index is 0. The zero-order valence-electron chi connectivity index (χ0n) is 13.5. The number of hydrogen-bond donors (Lipinski definition) is 2. The largest absolute Gasteiger partial charge is 0.370 e. The van der Waals surface area contributed by atoms with Crippen LogP contribution in [-0.2, 0) is 4.79 Å². The predicted molar refractivity (Wildman–Crippen MR) is 92.7 cm³/mol. The van der Waals surface area contributed by atoms with E-state index in [2.05, 4.69) is 34.2 Å². The van der Waals surface area contributed by atoms with Crippen molar-refractivity contribution in [2.75, 3.05) is 37.4 Å². The van der Waals surface area contributed by atoms with Crippen molar-refractivity contribution in [1.29, 1.82) is 0 Å². The van der Waals surface area contributed by atoms with Crippen LogP contribution in [0.25, 0.3) is 0 Å². The van der Waals surface area contributed by atoms with Gasteiger partial charge in [0.2, 0.25) is 5.91 Å². The van der Waals surface area contributed by atoms with E-state index in [1.54, 1.807) is 6.92 Å². The molecule has 0 spiro atoms. The van der Waals surface area contributed by atoms with E-state index >= 15 is 0 Å². The summed E-state index contributed by atoms with van der Waals surface area (Å²) < 4.78 is 0. The number of hydrogen-bond acceptors (Lipinski definition) is 5. The van der Waals surface area contributed by atoms with Gasteiger partial charge in [0.1, 0.15) is 5.82 Å². The minimum Gasteiger partial charge on any atom is -0.370 e. The summed E-state index contributed by atoms with van der Waals surface area (Å²) in [6.07, 6.45) is 4.14. The van der Waals surface area contributed by atoms with Crippen LogP contribution in [-0.4, -0.2) is 55.1 Å². The number of pyridine rings is 1. The number of piperidine rings is 1. The number of nitrogens with zero attached hydrogens (tertiary/aromatic N) is 3. The van der Waals surface area contributed by atoms with E-state index in [-0.39, 0.29) is 18.3 Å². The molecule has 1 aliphatic rings. The Bertz CT molecular complexity index is 469. The molecule has 0 aromatic carbocycles. The topological polar surface area (TPSA) is 74.5 Å². The van der Waals surface area contributed by atoms with Gasteiger partial charge in [0.05, 0.1) is 17.9 Å². The molecular weight excluding hydrogens is 302 g/mol. The van der Waals surface area contributed by atoms with Crippen LogP contribution in [0.15, 0.2) is 18.3 Å². The van der Waals surface area contributed by atoms with Gasteiger partial charge in [-0.25, -0.2) is 4.98 Å². The molecule has 1 aliphatic heterocycles. The summed E-state index contributed by atoms with van der Waals surface area (Å²) in [5.41, 5.74) is 6.62. The van der Waals surface area contributed by atoms with E-state index in [1.807, 2.05) is 18.3 Å². The molecule has 1 fully saturated rings. The molecule has 2 heterocycles. The Hall–Kier alpha value is -1.37. The number of nitrogens with two attached hydrogens (primary N) is 1. The second-order valence-electron chi connectivity index (χ2n) is 5.86. The van der Waals surface area contributed by atoms with Crippen molar-refractivity contribution in [3.05, 3.63) is 18.3 Å². The number of rotatable bonds is 4. The monoisotopic (exact) mass is 327 g/mol. The molecule has 0 bridgehead atoms. The maximum atomic E-state index is 11.5. The van der Waals surface area contributed by atoms with Crippen LogP contribution in [0.2, 0.25) is 0 Å². The van der Waals surface area contributed by atoms with Crippen LogP contribution in [0.5, 0.6) is 0 Å². The fourth-order valence-electron chi connectivity index (χ4n) is 2.53. The van der Waals surface area contributed by atoms with E-state index in [0.29, 0.717) is 11.9 Å². The minimum atomic E-state index is -0.531. The highest BCUT2D eigenvalue weighted by Gasteiger charge is 2.20. The Morgan fingerprint density at radius 1 is 1.41 bits per heavy atom. The lowest BCUT2D eigenvalue weighted by Crippen LogP contribution is -2.42. The molecule has 0 radical (unpaired) electrons. The van der Waals surface area contributed by atoms with Crippen molar-refractivity contribution < 1.29 is 4.79 Å². The van der Waals surface area contributed by atoms with Crippen molar-refractivity contribution >= 4 is 29.8 Å². The zero-order chi connectivity index (χ0) is 15.4. The second kappa shape index (κ2) is 8.31. The maximum Gasteiger partial charge on any atom is 0.242 e. The molecule has 7 heteroatoms. The van der Waals surface area contributed by atoms with E-state index in [4.69, 9.17) is 5.73 Å². The number of amides is 1. The van der Waals surface area contributed by atoms with Gasteiger partial charge >= 0.3 is 0 Å². The van der Waals surface area contributed by atoms with Gasteiger partial charge in [0, 0.05) is 19.1 Å². The first-order valence-electron chi connectivity index (χ1n) is 7.41. The normalized spacial score (nSPS) is 17.0. The van der Waals surface area contributed by atoms with Crippen molar-refractivity contribution in [2.45, 2.75) is 31.8 Å². The quantitative estimate of drug-likeness (QED) is 0.872. The second-order valence-corrected chi connectivity index (χ2v) is 5.86. The average molecular weight is 328 g/mol. The molecular formula is C15H26ClN5O. The Balaban J connectivity index is 0.00000242. The molecule has 22 heavy (non-hydrogen) atoms. The first-order valence-corrected chi connectivity index (χ1v) is 7.41. The SMILES string of the molecule is CC(N)C(=O)Nc1ccc(N2CCC(N(C)C)CC2)cn1.Cl. The highest BCUT2D eigenvalue weighted by molar-refractivity contribution is 5.93. The number of nitrogens with one attached hydrogen (secondary N) is 1. The first-order chi connectivity index (χ1) is 9.97. The lowest BCUT2D eigenvalue weighted by atomic mass is 10.0. The van der Waals surface area contributed by atoms with Gasteiger partial charge in [-0.2, -0.15) is 0 Å². The van der Waals surface area contributed by atoms with Crippen LogP contribution in [0.4, 0.5) is 11.5 Å². The molecule has 3 N–H and O–H groups in total. The lowest BCUT2D eigenvalue weighted by Gasteiger charge is -2.36. The molecule has 1 unspecified atom stereocenters. The van der Waals surface area contributed by atoms with E-state index in [1.165, 1.54) is 0 Å². The molecule has 0 aliphatic carbocycles. The summed E-state index contributed by atoms with van der Waals surface area (Å²) in [5.74, 6) is 0.325. The van der Waals surface area contributed by atoms with Gasteiger partial charge in [-0.05, 0) is 46.0 Å². The Morgan fingerprint density at radius 2 is 2.05 bits per heavy atom. The van der Waals surface area contributed by atoms with Crippen molar-refractivity contribution in [3.8, 4) is 0 Å². The molecule has 1 aromatic rings. The molecule has 1 amide bonds. The van der Waals surface area contributed by atoms with Crippen molar-refractivity contribution in [3.63, 3.8) is 0 Å². The standard InChI is InChI=1S/C15H25N5O.ClH/c1-11(16)15(21)18-14-5-4-13(10-17-14)20-8-6-12(7-9-20)19(2)3;/h4-5,10-12H,6-9,16H2,1-3H3,(H,17,18,21);1H. The predicted octanol–water partition coefficient (Wildman–Crippen LogP) is 1.32. The Labute approximate surface area is 138 Å². The third-order valence-electron chi connectivity index (χ3n) is 3.97. The number of anilines is 2. The van der Waals surface area contributed by atoms with Gasteiger partial charge in [0.15, 0.2) is 0 Å². The van der Waals surface area contributed by atoms with Crippen molar-refractivity contribution in [1.82, 2.24) is 9.88 Å². The summed E-state index contributed by atoms with van der Waals surface area (Å²) in [6, 6.07) is 3.96. The fraction of sp³-hybridized carbons (Fsp3) is 0.600. The van der Waals surface area contributed by atoms with Gasteiger partial charge < -0.3 is 20.9 Å². The van der Waals surface area contributed by atoms with E-state index in [0.717, 1.165) is 31.6 Å². The highest BCUT2D eigenvalue weighted by Crippen LogP contribution is 2.21. The van der Waals surface area contributed by atoms with Crippen LogP contribution < -0.4 is 16.0 Å². The third-order valence-corrected chi connectivity index (χ3v) is 3.97. The molecule has 0 saturated carbocycles. The van der Waals surface area contributed by atoms with Gasteiger partial charge in [-0.15, -0.1) is 12.4 Å². The molecule has 2 rings (SSSR count). The van der Waals surface area contributed by atoms with E-state index < -0.39 is 6.04 Å². The molecule has 1 saturated heterocycles. The first kappa shape index (κ1) is 18.7. The molecule has 1 aromatic heterocycles. The van der Waals surface area contributed by atoms with Crippen LogP contribution in [0.3, 0.4) is 0 Å². The number of halogens is 1. The fourth-order valence-corrected chi connectivity index (χ4v) is 2.53. The molecule has 1 atom stereocenters. The molecule has 6 nitrogen and oxygen atoms in total. The molecule has 124 valence electrons. The summed E-state index contributed by atoms with van der Waals surface area (Å²) >= 11 is 0. The van der Waals surface area contributed by atoms with Gasteiger partial charge in [-0.3, -0.25) is 4.79 Å². The van der Waals surface area contributed by atoms with Crippen LogP contribution in [0, 0.1) is 0 Å². The van der Waals surface area contributed by atoms with Crippen molar-refractivity contribution in [2.24, 2.45) is 5.73 Å². The summed E-state index contributed by atoms with van der Waals surface area (Å²) in [6.45, 7) is 3.73. The van der Waals surface area contributed by atoms with Crippen LogP contribution in [0.1, 0.15) is 19.8 Å². The summed E-state index contributed by atoms with van der Waals surface area (Å²) in [5, 5.41) is 2.69. The lowest BCUT2D eigenvalue weighted by molar-refractivity contribution is -0.117. The van der Waals surface area contributed by atoms with E-state index in [9.17, 15) is 4.79 Å². The smallest absolute Gasteiger partial charge is 0.242 e. The number of aromatic nitrogens is 1. The van der Waals surface area contributed by atoms with Gasteiger partial charge in [0.25, 0.3) is 0 Å². The highest BCUT2D eigenvalue weighted by atomic mass is 35.5. The average Bonchev–Trinajstić information content (AvgIpc) is 2.48. The Kier molecular flexibility index (Phi) is 7.06. The zero-order valence-corrected chi connectivity index (χ0v) is 14.3. The number of carbonyl (C=O) groups excluding carboxylic acids is 1. The maximum absolute atomic E-state index is 11.5. The van der Waals surface area contributed by atoms with Gasteiger partial charge in [-0.1, -0.05) is 0 Å². The third kappa shape index (κ3) is 4.83. The summed E-state index contributed by atoms with van der Waals surface area (Å²) in [4.78, 5) is 20.4. The summed E-state index contributed by atoms with van der Waals surface area (Å²) in [7, 11) is 4.27.